The first kappa shape index (κ1) is 51.3. The van der Waals surface area contributed by atoms with Gasteiger partial charge in [-0.2, -0.15) is 0 Å². The van der Waals surface area contributed by atoms with Crippen LogP contribution in [0.4, 0.5) is 0 Å². The summed E-state index contributed by atoms with van der Waals surface area (Å²) < 4.78 is 10.3. The summed E-state index contributed by atoms with van der Waals surface area (Å²) in [6.07, 6.45) is 49.0. The average Bonchev–Trinajstić information content (AvgIpc) is 3.16. The first-order valence-electron chi connectivity index (χ1n) is 21.7. The summed E-state index contributed by atoms with van der Waals surface area (Å²) in [4.78, 5) is 24.0. The van der Waals surface area contributed by atoms with E-state index < -0.39 is 24.3 Å². The fourth-order valence-corrected chi connectivity index (χ4v) is 5.83. The van der Waals surface area contributed by atoms with Crippen LogP contribution in [0.5, 0.6) is 0 Å². The number of hydrogen-bond donors (Lipinski definition) is 3. The number of unbranched alkanes of at least 4 members (excludes halogenated alkanes) is 19. The van der Waals surface area contributed by atoms with Gasteiger partial charge in [0, 0.05) is 12.8 Å². The molecule has 0 heterocycles. The number of allylic oxidation sites excluding steroid dienone is 8. The molecule has 0 aliphatic carbocycles. The van der Waals surface area contributed by atoms with Crippen molar-refractivity contribution >= 4 is 11.9 Å². The van der Waals surface area contributed by atoms with Crippen molar-refractivity contribution in [3.63, 3.8) is 0 Å². The van der Waals surface area contributed by atoms with Gasteiger partial charge in [0.15, 0.2) is 0 Å². The van der Waals surface area contributed by atoms with Crippen molar-refractivity contribution in [2.24, 2.45) is 0 Å². The van der Waals surface area contributed by atoms with Gasteiger partial charge >= 0.3 is 11.9 Å². The maximum atomic E-state index is 12.0. The molecule has 0 saturated heterocycles. The number of rotatable bonds is 38. The van der Waals surface area contributed by atoms with Crippen molar-refractivity contribution in [2.75, 3.05) is 13.2 Å². The number of aliphatic hydroxyl groups excluding tert-OH is 3. The second-order valence-corrected chi connectivity index (χ2v) is 14.5. The summed E-state index contributed by atoms with van der Waals surface area (Å²) in [6.45, 7) is 3.96. The molecule has 0 aliphatic rings. The van der Waals surface area contributed by atoms with Crippen LogP contribution in [0.25, 0.3) is 0 Å². The van der Waals surface area contributed by atoms with Crippen LogP contribution in [0.15, 0.2) is 72.9 Å². The number of hydrogen-bond acceptors (Lipinski definition) is 7. The molecule has 0 amide bonds. The Morgan fingerprint density at radius 3 is 1.46 bits per heavy atom. The van der Waals surface area contributed by atoms with Crippen molar-refractivity contribution in [1.29, 1.82) is 0 Å². The second kappa shape index (κ2) is 41.4. The zero-order valence-corrected chi connectivity index (χ0v) is 34.4. The highest BCUT2D eigenvalue weighted by Crippen LogP contribution is 2.15. The maximum absolute atomic E-state index is 12.0. The summed E-state index contributed by atoms with van der Waals surface area (Å²) in [7, 11) is 0. The summed E-state index contributed by atoms with van der Waals surface area (Å²) in [5.41, 5.74) is 0. The largest absolute Gasteiger partial charge is 0.463 e. The standard InChI is InChI=1S/C47H80O7/c1-3-5-7-8-9-10-11-12-13-14-15-16-17-18-19-20-24-27-33-39-46(51)53-41-45(50)42-54-47(52)40-34-28-32-38-44(49)37-31-26-23-21-22-25-30-36-43(48)35-29-6-4-2/h6,22-23,25-26,29-32,36-38,43-45,48-50H,3-5,7-21,24,27-28,33-35,39-42H2,1-2H3/b25-22-,26-23-,29-6-,36-30+,37-31+,38-32-/t43-,44-,45+/m1/s1. The number of carbonyl (C=O) groups excluding carboxylic acids is 2. The summed E-state index contributed by atoms with van der Waals surface area (Å²) >= 11 is 0. The first-order valence-corrected chi connectivity index (χ1v) is 21.7. The van der Waals surface area contributed by atoms with Gasteiger partial charge in [-0.15, -0.1) is 0 Å². The number of esters is 2. The van der Waals surface area contributed by atoms with E-state index in [4.69, 9.17) is 9.47 Å². The topological polar surface area (TPSA) is 113 Å². The lowest BCUT2D eigenvalue weighted by Crippen LogP contribution is -2.25. The molecule has 0 saturated carbocycles. The number of carbonyl (C=O) groups is 2. The predicted octanol–water partition coefficient (Wildman–Crippen LogP) is 11.7. The van der Waals surface area contributed by atoms with Gasteiger partial charge in [-0.1, -0.05) is 202 Å². The Balaban J connectivity index is 3.66. The lowest BCUT2D eigenvalue weighted by Gasteiger charge is -2.12. The molecule has 54 heavy (non-hydrogen) atoms. The molecule has 7 nitrogen and oxygen atoms in total. The van der Waals surface area contributed by atoms with Crippen LogP contribution in [0.1, 0.15) is 181 Å². The lowest BCUT2D eigenvalue weighted by molar-refractivity contribution is -0.152. The van der Waals surface area contributed by atoms with Gasteiger partial charge in [0.2, 0.25) is 0 Å². The minimum Gasteiger partial charge on any atom is -0.463 e. The molecule has 0 fully saturated rings. The van der Waals surface area contributed by atoms with Crippen molar-refractivity contribution in [1.82, 2.24) is 0 Å². The monoisotopic (exact) mass is 757 g/mol. The molecule has 7 heteroatoms. The quantitative estimate of drug-likeness (QED) is 0.0249. The van der Waals surface area contributed by atoms with E-state index in [2.05, 4.69) is 13.8 Å². The van der Waals surface area contributed by atoms with Crippen LogP contribution in [0, 0.1) is 0 Å². The molecule has 3 atom stereocenters. The Kier molecular flexibility index (Phi) is 39.3. The first-order chi connectivity index (χ1) is 26.4. The molecule has 0 aromatic carbocycles. The second-order valence-electron chi connectivity index (χ2n) is 14.5. The number of ether oxygens (including phenoxy) is 2. The highest BCUT2D eigenvalue weighted by molar-refractivity contribution is 5.69. The highest BCUT2D eigenvalue weighted by Gasteiger charge is 2.12. The van der Waals surface area contributed by atoms with E-state index in [1.807, 2.05) is 48.6 Å². The normalized spacial score (nSPS) is 14.1. The van der Waals surface area contributed by atoms with E-state index in [0.29, 0.717) is 25.7 Å². The summed E-state index contributed by atoms with van der Waals surface area (Å²) in [6, 6.07) is 0. The fraction of sp³-hybridized carbons (Fsp3) is 0.702. The smallest absolute Gasteiger partial charge is 0.305 e. The molecule has 0 rings (SSSR count). The molecule has 0 bridgehead atoms. The third kappa shape index (κ3) is 40.4. The zero-order chi connectivity index (χ0) is 39.6. The fourth-order valence-electron chi connectivity index (χ4n) is 5.83. The molecule has 0 aromatic rings. The highest BCUT2D eigenvalue weighted by atomic mass is 16.6. The van der Waals surface area contributed by atoms with Crippen LogP contribution in [0.3, 0.4) is 0 Å². The van der Waals surface area contributed by atoms with E-state index in [0.717, 1.165) is 32.1 Å². The van der Waals surface area contributed by atoms with Crippen LogP contribution < -0.4 is 0 Å². The molecule has 310 valence electrons. The SMILES string of the molecule is CC/C=C\C[C@@H](O)/C=C/C=C\C/C=C\C=C\[C@@H](O)/C=C\CCCC(=O)OC[C@@H](O)COC(=O)CCCCCCCCCCCCCCCCCCCCC. The van der Waals surface area contributed by atoms with Crippen LogP contribution >= 0.6 is 0 Å². The number of aliphatic hydroxyl groups is 3. The molecule has 0 spiro atoms. The van der Waals surface area contributed by atoms with E-state index >= 15 is 0 Å². The lowest BCUT2D eigenvalue weighted by atomic mass is 10.0. The van der Waals surface area contributed by atoms with Crippen LogP contribution in [-0.4, -0.2) is 58.8 Å². The van der Waals surface area contributed by atoms with Gasteiger partial charge in [-0.25, -0.2) is 0 Å². The third-order valence-corrected chi connectivity index (χ3v) is 9.13. The summed E-state index contributed by atoms with van der Waals surface area (Å²) in [5.74, 6) is -0.741. The van der Waals surface area contributed by atoms with Crippen LogP contribution in [-0.2, 0) is 19.1 Å². The molecule has 0 aliphatic heterocycles. The molecule has 0 aromatic heterocycles. The molecule has 3 N–H and O–H groups in total. The molecule has 0 radical (unpaired) electrons. The Hall–Kier alpha value is -2.74. The van der Waals surface area contributed by atoms with Gasteiger partial charge in [-0.3, -0.25) is 9.59 Å². The molecule has 0 unspecified atom stereocenters. The summed E-state index contributed by atoms with van der Waals surface area (Å²) in [5, 5.41) is 29.9. The van der Waals surface area contributed by atoms with Gasteiger partial charge in [0.05, 0.1) is 12.2 Å². The average molecular weight is 757 g/mol. The van der Waals surface area contributed by atoms with E-state index in [-0.39, 0.29) is 25.6 Å². The van der Waals surface area contributed by atoms with Gasteiger partial charge < -0.3 is 24.8 Å². The van der Waals surface area contributed by atoms with Gasteiger partial charge in [-0.05, 0) is 38.5 Å². The van der Waals surface area contributed by atoms with Crippen LogP contribution in [0.2, 0.25) is 0 Å². The minimum absolute atomic E-state index is 0.176. The van der Waals surface area contributed by atoms with E-state index in [1.165, 1.54) is 103 Å². The van der Waals surface area contributed by atoms with Gasteiger partial charge in [0.1, 0.15) is 19.3 Å². The Morgan fingerprint density at radius 1 is 0.500 bits per heavy atom. The maximum Gasteiger partial charge on any atom is 0.305 e. The Bertz CT molecular complexity index is 1030. The Morgan fingerprint density at radius 2 is 0.963 bits per heavy atom. The molecular formula is C47H80O7. The van der Waals surface area contributed by atoms with E-state index in [9.17, 15) is 24.9 Å². The zero-order valence-electron chi connectivity index (χ0n) is 34.4. The van der Waals surface area contributed by atoms with E-state index in [1.54, 1.807) is 24.3 Å². The van der Waals surface area contributed by atoms with Crippen molar-refractivity contribution in [3.05, 3.63) is 72.9 Å². The van der Waals surface area contributed by atoms with Crippen molar-refractivity contribution < 1.29 is 34.4 Å². The van der Waals surface area contributed by atoms with Gasteiger partial charge in [0.25, 0.3) is 0 Å². The van der Waals surface area contributed by atoms with Crippen molar-refractivity contribution in [2.45, 2.75) is 199 Å². The third-order valence-electron chi connectivity index (χ3n) is 9.13. The predicted molar refractivity (Wildman–Crippen MR) is 226 cm³/mol. The Labute approximate surface area is 330 Å². The minimum atomic E-state index is -1.04. The van der Waals surface area contributed by atoms with Crippen molar-refractivity contribution in [3.8, 4) is 0 Å². The molecular weight excluding hydrogens is 677 g/mol.